The maximum Gasteiger partial charge on any atom is 0.243 e. The molecular weight excluding hydrogens is 435 g/mol. The molecule has 7 nitrogen and oxygen atoms in total. The molecule has 2 aliphatic heterocycles. The third-order valence-corrected chi connectivity index (χ3v) is 7.52. The molecule has 0 atom stereocenters. The first-order valence-electron chi connectivity index (χ1n) is 9.64. The topological polar surface area (TPSA) is 73.0 Å². The van der Waals surface area contributed by atoms with E-state index in [1.54, 1.807) is 12.1 Å². The van der Waals surface area contributed by atoms with Crippen molar-refractivity contribution in [1.29, 1.82) is 0 Å². The van der Waals surface area contributed by atoms with Gasteiger partial charge in [-0.2, -0.15) is 4.31 Å². The van der Waals surface area contributed by atoms with Crippen LogP contribution in [0.3, 0.4) is 0 Å². The Morgan fingerprint density at radius 1 is 1.00 bits per heavy atom. The number of halogens is 2. The number of carbonyl (C=O) groups excluding carboxylic acids is 1. The number of piperazine rings is 1. The first-order valence-corrected chi connectivity index (χ1v) is 11.1. The van der Waals surface area contributed by atoms with E-state index in [0.717, 1.165) is 31.5 Å². The van der Waals surface area contributed by atoms with E-state index in [1.165, 1.54) is 4.31 Å². The van der Waals surface area contributed by atoms with Crippen molar-refractivity contribution < 1.29 is 13.2 Å². The number of aryl methyl sites for hydroxylation is 1. The Bertz CT molecular complexity index is 745. The monoisotopic (exact) mass is 466 g/mol. The molecule has 0 unspecified atom stereocenters. The van der Waals surface area contributed by atoms with E-state index in [-0.39, 0.29) is 30.7 Å². The highest BCUT2D eigenvalue weighted by atomic mass is 35.5. The zero-order chi connectivity index (χ0) is 19.4. The van der Waals surface area contributed by atoms with Crippen LogP contribution in [0.2, 0.25) is 0 Å². The van der Waals surface area contributed by atoms with Gasteiger partial charge in [0.05, 0.1) is 11.4 Å². The lowest BCUT2D eigenvalue weighted by molar-refractivity contribution is -0.133. The second-order valence-electron chi connectivity index (χ2n) is 7.44. The Balaban J connectivity index is 0.00000210. The molecule has 0 radical (unpaired) electrons. The number of nitrogens with zero attached hydrogens (tertiary/aromatic N) is 3. The SMILES string of the molecule is CNC1CCN(C(=O)CN2CCN(S(=O)(=O)c3ccc(C)cc3)CC2)CC1.Cl.Cl. The summed E-state index contributed by atoms with van der Waals surface area (Å²) in [6.07, 6.45) is 1.98. The number of benzene rings is 1. The van der Waals surface area contributed by atoms with Gasteiger partial charge in [-0.15, -0.1) is 24.8 Å². The minimum atomic E-state index is -3.46. The van der Waals surface area contributed by atoms with Crippen molar-refractivity contribution in [3.63, 3.8) is 0 Å². The number of piperidine rings is 1. The Hall–Kier alpha value is -0.900. The van der Waals surface area contributed by atoms with Crippen LogP contribution < -0.4 is 5.32 Å². The van der Waals surface area contributed by atoms with Gasteiger partial charge in [-0.25, -0.2) is 8.42 Å². The molecule has 2 heterocycles. The van der Waals surface area contributed by atoms with Crippen LogP contribution in [0.15, 0.2) is 29.2 Å². The van der Waals surface area contributed by atoms with Gasteiger partial charge in [-0.1, -0.05) is 17.7 Å². The number of sulfonamides is 1. The quantitative estimate of drug-likeness (QED) is 0.708. The van der Waals surface area contributed by atoms with E-state index in [2.05, 4.69) is 10.2 Å². The summed E-state index contributed by atoms with van der Waals surface area (Å²) < 4.78 is 27.0. The normalized spacial score (nSPS) is 19.3. The molecule has 1 aromatic rings. The zero-order valence-electron chi connectivity index (χ0n) is 17.0. The number of hydrogen-bond donors (Lipinski definition) is 1. The van der Waals surface area contributed by atoms with E-state index in [0.29, 0.717) is 43.7 Å². The van der Waals surface area contributed by atoms with Gasteiger partial charge in [-0.3, -0.25) is 9.69 Å². The van der Waals surface area contributed by atoms with Crippen LogP contribution in [0.1, 0.15) is 18.4 Å². The minimum Gasteiger partial charge on any atom is -0.341 e. The molecule has 2 aliphatic rings. The van der Waals surface area contributed by atoms with E-state index in [1.807, 2.05) is 31.0 Å². The lowest BCUT2D eigenvalue weighted by Crippen LogP contribution is -2.52. The summed E-state index contributed by atoms with van der Waals surface area (Å²) in [7, 11) is -1.49. The van der Waals surface area contributed by atoms with Gasteiger partial charge in [0.25, 0.3) is 0 Å². The molecule has 0 aromatic heterocycles. The lowest BCUT2D eigenvalue weighted by Gasteiger charge is -2.36. The van der Waals surface area contributed by atoms with Gasteiger partial charge in [0.2, 0.25) is 15.9 Å². The van der Waals surface area contributed by atoms with Crippen molar-refractivity contribution in [3.05, 3.63) is 29.8 Å². The average molecular weight is 467 g/mol. The second-order valence-corrected chi connectivity index (χ2v) is 9.37. The fourth-order valence-corrected chi connectivity index (χ4v) is 5.12. The molecule has 1 aromatic carbocycles. The predicted molar refractivity (Wildman–Crippen MR) is 120 cm³/mol. The van der Waals surface area contributed by atoms with Crippen molar-refractivity contribution >= 4 is 40.7 Å². The van der Waals surface area contributed by atoms with Crippen LogP contribution in [-0.2, 0) is 14.8 Å². The molecule has 1 N–H and O–H groups in total. The fraction of sp³-hybridized carbons (Fsp3) is 0.632. The number of likely N-dealkylation sites (tertiary alicyclic amines) is 1. The molecular formula is C19H32Cl2N4O3S. The second kappa shape index (κ2) is 11.5. The maximum absolute atomic E-state index is 12.8. The lowest BCUT2D eigenvalue weighted by atomic mass is 10.1. The standard InChI is InChI=1S/C19H30N4O3S.2ClH/c1-16-3-5-18(6-4-16)27(25,26)23-13-11-21(12-14-23)15-19(24)22-9-7-17(20-2)8-10-22;;/h3-6,17,20H,7-15H2,1-2H3;2*1H. The Kier molecular flexibility index (Phi) is 10.3. The van der Waals surface area contributed by atoms with Crippen LogP contribution in [0.4, 0.5) is 0 Å². The molecule has 29 heavy (non-hydrogen) atoms. The summed E-state index contributed by atoms with van der Waals surface area (Å²) in [6.45, 7) is 5.93. The van der Waals surface area contributed by atoms with Crippen LogP contribution in [0, 0.1) is 6.92 Å². The third-order valence-electron chi connectivity index (χ3n) is 5.60. The van der Waals surface area contributed by atoms with Gasteiger partial charge < -0.3 is 10.2 Å². The Labute approximate surface area is 186 Å². The predicted octanol–water partition coefficient (Wildman–Crippen LogP) is 1.36. The average Bonchev–Trinajstić information content (AvgIpc) is 2.69. The van der Waals surface area contributed by atoms with Crippen LogP contribution in [-0.4, -0.2) is 87.3 Å². The smallest absolute Gasteiger partial charge is 0.243 e. The third kappa shape index (κ3) is 6.54. The van der Waals surface area contributed by atoms with Crippen molar-refractivity contribution in [2.45, 2.75) is 30.7 Å². The Morgan fingerprint density at radius 2 is 1.55 bits per heavy atom. The zero-order valence-corrected chi connectivity index (χ0v) is 19.5. The van der Waals surface area contributed by atoms with E-state index in [4.69, 9.17) is 0 Å². The molecule has 10 heteroatoms. The van der Waals surface area contributed by atoms with Gasteiger partial charge in [0.1, 0.15) is 0 Å². The maximum atomic E-state index is 12.8. The summed E-state index contributed by atoms with van der Waals surface area (Å²) in [5.74, 6) is 0.152. The fourth-order valence-electron chi connectivity index (χ4n) is 3.70. The van der Waals surface area contributed by atoms with Gasteiger partial charge in [0, 0.05) is 45.3 Å². The molecule has 0 saturated carbocycles. The van der Waals surface area contributed by atoms with E-state index < -0.39 is 10.0 Å². The summed E-state index contributed by atoms with van der Waals surface area (Å²) >= 11 is 0. The summed E-state index contributed by atoms with van der Waals surface area (Å²) in [4.78, 5) is 16.9. The molecule has 3 rings (SSSR count). The number of carbonyl (C=O) groups is 1. The van der Waals surface area contributed by atoms with Crippen molar-refractivity contribution in [2.24, 2.45) is 0 Å². The molecule has 2 fully saturated rings. The summed E-state index contributed by atoms with van der Waals surface area (Å²) in [5, 5.41) is 3.27. The molecule has 2 saturated heterocycles. The van der Waals surface area contributed by atoms with Crippen molar-refractivity contribution in [1.82, 2.24) is 19.4 Å². The molecule has 0 bridgehead atoms. The largest absolute Gasteiger partial charge is 0.341 e. The first kappa shape index (κ1) is 26.1. The highest BCUT2D eigenvalue weighted by Crippen LogP contribution is 2.18. The highest BCUT2D eigenvalue weighted by molar-refractivity contribution is 7.89. The highest BCUT2D eigenvalue weighted by Gasteiger charge is 2.30. The van der Waals surface area contributed by atoms with Gasteiger partial charge in [0.15, 0.2) is 0 Å². The molecule has 0 spiro atoms. The van der Waals surface area contributed by atoms with Crippen LogP contribution in [0.5, 0.6) is 0 Å². The van der Waals surface area contributed by atoms with E-state index in [9.17, 15) is 13.2 Å². The summed E-state index contributed by atoms with van der Waals surface area (Å²) in [5.41, 5.74) is 1.04. The van der Waals surface area contributed by atoms with Crippen LogP contribution >= 0.6 is 24.8 Å². The first-order chi connectivity index (χ1) is 12.9. The number of rotatable bonds is 5. The molecule has 0 aliphatic carbocycles. The summed E-state index contributed by atoms with van der Waals surface area (Å²) in [6, 6.07) is 7.47. The van der Waals surface area contributed by atoms with Gasteiger partial charge in [-0.05, 0) is 38.9 Å². The number of nitrogens with one attached hydrogen (secondary N) is 1. The van der Waals surface area contributed by atoms with Gasteiger partial charge >= 0.3 is 0 Å². The van der Waals surface area contributed by atoms with Crippen molar-refractivity contribution in [2.75, 3.05) is 52.9 Å². The molecule has 1 amide bonds. The van der Waals surface area contributed by atoms with Crippen molar-refractivity contribution in [3.8, 4) is 0 Å². The minimum absolute atomic E-state index is 0. The number of amides is 1. The number of hydrogen-bond acceptors (Lipinski definition) is 5. The van der Waals surface area contributed by atoms with Crippen LogP contribution in [0.25, 0.3) is 0 Å². The molecule has 166 valence electrons. The Morgan fingerprint density at radius 3 is 2.07 bits per heavy atom. The van der Waals surface area contributed by atoms with E-state index >= 15 is 0 Å².